The molecule has 0 aliphatic carbocycles. The van der Waals surface area contributed by atoms with Crippen molar-refractivity contribution in [2.45, 2.75) is 44.9 Å². The fourth-order valence-electron chi connectivity index (χ4n) is 1.52. The Morgan fingerprint density at radius 1 is 0.875 bits per heavy atom. The second-order valence-electron chi connectivity index (χ2n) is 3.86. The largest absolute Gasteiger partial charge is 0.481 e. The maximum atomic E-state index is 10.6. The van der Waals surface area contributed by atoms with Gasteiger partial charge in [-0.1, -0.05) is 32.1 Å². The first-order valence-corrected chi connectivity index (χ1v) is 6.29. The molecule has 0 bridgehead atoms. The SMILES string of the molecule is O=C(O)C(CCCCCCCCS)C(=O)O. The van der Waals surface area contributed by atoms with Crippen molar-refractivity contribution in [3.05, 3.63) is 0 Å². The van der Waals surface area contributed by atoms with E-state index >= 15 is 0 Å². The average Bonchev–Trinajstić information content (AvgIpc) is 2.21. The van der Waals surface area contributed by atoms with Crippen molar-refractivity contribution in [1.29, 1.82) is 0 Å². The van der Waals surface area contributed by atoms with Crippen LogP contribution >= 0.6 is 12.6 Å². The van der Waals surface area contributed by atoms with Gasteiger partial charge in [0.25, 0.3) is 0 Å². The zero-order chi connectivity index (χ0) is 12.4. The fourth-order valence-corrected chi connectivity index (χ4v) is 1.74. The number of hydrogen-bond acceptors (Lipinski definition) is 3. The fraction of sp³-hybridized carbons (Fsp3) is 0.818. The topological polar surface area (TPSA) is 74.6 Å². The van der Waals surface area contributed by atoms with E-state index in [4.69, 9.17) is 10.2 Å². The standard InChI is InChI=1S/C11H20O4S/c12-10(13)9(11(14)15)7-5-3-1-2-4-6-8-16/h9,16H,1-8H2,(H,12,13)(H,14,15). The third-order valence-electron chi connectivity index (χ3n) is 2.50. The molecule has 0 saturated heterocycles. The van der Waals surface area contributed by atoms with Crippen molar-refractivity contribution >= 4 is 24.6 Å². The molecule has 0 aliphatic heterocycles. The molecular weight excluding hydrogens is 228 g/mol. The van der Waals surface area contributed by atoms with Crippen LogP contribution in [0.1, 0.15) is 44.9 Å². The quantitative estimate of drug-likeness (QED) is 0.315. The Hall–Kier alpha value is -0.710. The van der Waals surface area contributed by atoms with E-state index in [9.17, 15) is 9.59 Å². The molecule has 2 N–H and O–H groups in total. The Labute approximate surface area is 101 Å². The van der Waals surface area contributed by atoms with Crippen molar-refractivity contribution in [2.75, 3.05) is 5.75 Å². The molecule has 16 heavy (non-hydrogen) atoms. The van der Waals surface area contributed by atoms with Crippen LogP contribution in [0.3, 0.4) is 0 Å². The van der Waals surface area contributed by atoms with Gasteiger partial charge in [0.2, 0.25) is 0 Å². The molecule has 94 valence electrons. The maximum Gasteiger partial charge on any atom is 0.317 e. The number of unbranched alkanes of at least 4 members (excludes halogenated alkanes) is 5. The van der Waals surface area contributed by atoms with Gasteiger partial charge in [-0.15, -0.1) is 0 Å². The first-order chi connectivity index (χ1) is 7.59. The third-order valence-corrected chi connectivity index (χ3v) is 2.81. The van der Waals surface area contributed by atoms with E-state index in [1.807, 2.05) is 0 Å². The van der Waals surface area contributed by atoms with Gasteiger partial charge < -0.3 is 10.2 Å². The lowest BCUT2D eigenvalue weighted by atomic mass is 10.0. The Balaban J connectivity index is 3.48. The molecule has 0 aromatic heterocycles. The average molecular weight is 248 g/mol. The normalized spacial score (nSPS) is 10.6. The Morgan fingerprint density at radius 2 is 1.31 bits per heavy atom. The van der Waals surface area contributed by atoms with Crippen LogP contribution in [0.4, 0.5) is 0 Å². The lowest BCUT2D eigenvalue weighted by molar-refractivity contribution is -0.154. The smallest absolute Gasteiger partial charge is 0.317 e. The van der Waals surface area contributed by atoms with Gasteiger partial charge in [-0.05, 0) is 18.6 Å². The number of thiol groups is 1. The van der Waals surface area contributed by atoms with E-state index in [-0.39, 0.29) is 6.42 Å². The molecule has 0 saturated carbocycles. The van der Waals surface area contributed by atoms with Crippen LogP contribution < -0.4 is 0 Å². The summed E-state index contributed by atoms with van der Waals surface area (Å²) in [6.07, 6.45) is 6.22. The molecule has 0 spiro atoms. The molecule has 0 atom stereocenters. The molecule has 0 aromatic rings. The highest BCUT2D eigenvalue weighted by atomic mass is 32.1. The summed E-state index contributed by atoms with van der Waals surface area (Å²) in [5.41, 5.74) is 0. The number of carboxylic acids is 2. The molecule has 0 unspecified atom stereocenters. The number of carbonyl (C=O) groups is 2. The summed E-state index contributed by atoms with van der Waals surface area (Å²) in [5.74, 6) is -2.80. The zero-order valence-corrected chi connectivity index (χ0v) is 10.3. The molecule has 4 nitrogen and oxygen atoms in total. The van der Waals surface area contributed by atoms with Crippen LogP contribution in [0, 0.1) is 5.92 Å². The number of aliphatic carboxylic acids is 2. The van der Waals surface area contributed by atoms with Crippen LogP contribution in [0.2, 0.25) is 0 Å². The van der Waals surface area contributed by atoms with Crippen molar-refractivity contribution in [3.8, 4) is 0 Å². The van der Waals surface area contributed by atoms with Crippen molar-refractivity contribution in [3.63, 3.8) is 0 Å². The van der Waals surface area contributed by atoms with E-state index in [1.54, 1.807) is 0 Å². The summed E-state index contributed by atoms with van der Waals surface area (Å²) < 4.78 is 0. The summed E-state index contributed by atoms with van der Waals surface area (Å²) in [7, 11) is 0. The maximum absolute atomic E-state index is 10.6. The highest BCUT2D eigenvalue weighted by molar-refractivity contribution is 7.80. The lowest BCUT2D eigenvalue weighted by Crippen LogP contribution is -2.23. The third kappa shape index (κ3) is 7.56. The van der Waals surface area contributed by atoms with E-state index in [1.165, 1.54) is 0 Å². The Morgan fingerprint density at radius 3 is 1.75 bits per heavy atom. The molecule has 0 rings (SSSR count). The minimum absolute atomic E-state index is 0.233. The summed E-state index contributed by atoms with van der Waals surface area (Å²) in [4.78, 5) is 21.1. The molecule has 0 radical (unpaired) electrons. The van der Waals surface area contributed by atoms with Crippen LogP contribution in [0.15, 0.2) is 0 Å². The van der Waals surface area contributed by atoms with E-state index < -0.39 is 17.9 Å². The van der Waals surface area contributed by atoms with Gasteiger partial charge in [0.15, 0.2) is 5.92 Å². The van der Waals surface area contributed by atoms with Gasteiger partial charge in [-0.3, -0.25) is 9.59 Å². The minimum atomic E-state index is -1.24. The van der Waals surface area contributed by atoms with Gasteiger partial charge in [-0.25, -0.2) is 0 Å². The van der Waals surface area contributed by atoms with Crippen LogP contribution in [-0.4, -0.2) is 27.9 Å². The van der Waals surface area contributed by atoms with Gasteiger partial charge in [0.05, 0.1) is 0 Å². The highest BCUT2D eigenvalue weighted by Gasteiger charge is 2.24. The highest BCUT2D eigenvalue weighted by Crippen LogP contribution is 2.13. The summed E-state index contributed by atoms with van der Waals surface area (Å²) in [6, 6.07) is 0. The van der Waals surface area contributed by atoms with Crippen molar-refractivity contribution < 1.29 is 19.8 Å². The van der Waals surface area contributed by atoms with E-state index in [2.05, 4.69) is 12.6 Å². The van der Waals surface area contributed by atoms with Crippen molar-refractivity contribution in [1.82, 2.24) is 0 Å². The second-order valence-corrected chi connectivity index (χ2v) is 4.31. The summed E-state index contributed by atoms with van der Waals surface area (Å²) in [6.45, 7) is 0. The predicted octanol–water partition coefficient (Wildman–Crippen LogP) is 2.43. The van der Waals surface area contributed by atoms with Gasteiger partial charge in [0, 0.05) is 0 Å². The molecule has 0 aromatic carbocycles. The monoisotopic (exact) mass is 248 g/mol. The van der Waals surface area contributed by atoms with Crippen LogP contribution in [-0.2, 0) is 9.59 Å². The molecular formula is C11H20O4S. The number of carboxylic acid groups (broad SMARTS) is 2. The van der Waals surface area contributed by atoms with Crippen molar-refractivity contribution in [2.24, 2.45) is 5.92 Å². The Bertz CT molecular complexity index is 204. The minimum Gasteiger partial charge on any atom is -0.481 e. The number of hydrogen-bond donors (Lipinski definition) is 3. The molecule has 0 fully saturated rings. The molecule has 0 heterocycles. The molecule has 0 aliphatic rings. The Kier molecular flexibility index (Phi) is 9.09. The van der Waals surface area contributed by atoms with E-state index in [0.29, 0.717) is 6.42 Å². The molecule has 5 heteroatoms. The zero-order valence-electron chi connectivity index (χ0n) is 9.39. The van der Waals surface area contributed by atoms with Gasteiger partial charge in [0.1, 0.15) is 0 Å². The van der Waals surface area contributed by atoms with Gasteiger partial charge in [-0.2, -0.15) is 12.6 Å². The van der Waals surface area contributed by atoms with E-state index in [0.717, 1.165) is 37.9 Å². The summed E-state index contributed by atoms with van der Waals surface area (Å²) >= 11 is 4.11. The first kappa shape index (κ1) is 15.3. The molecule has 0 amide bonds. The number of rotatable bonds is 10. The van der Waals surface area contributed by atoms with Crippen LogP contribution in [0.5, 0.6) is 0 Å². The van der Waals surface area contributed by atoms with Crippen LogP contribution in [0.25, 0.3) is 0 Å². The lowest BCUT2D eigenvalue weighted by Gasteiger charge is -2.06. The predicted molar refractivity (Wildman–Crippen MR) is 64.9 cm³/mol. The second kappa shape index (κ2) is 9.51. The first-order valence-electron chi connectivity index (χ1n) is 5.66. The van der Waals surface area contributed by atoms with Gasteiger partial charge >= 0.3 is 11.9 Å². The summed E-state index contributed by atoms with van der Waals surface area (Å²) in [5, 5.41) is 17.3.